The fourth-order valence-corrected chi connectivity index (χ4v) is 0.601. The van der Waals surface area contributed by atoms with Crippen molar-refractivity contribution < 1.29 is 0 Å². The summed E-state index contributed by atoms with van der Waals surface area (Å²) in [5.41, 5.74) is 10.2. The minimum atomic E-state index is -0.0579. The third-order valence-corrected chi connectivity index (χ3v) is 0.939. The van der Waals surface area contributed by atoms with Gasteiger partial charge in [0.25, 0.3) is 0 Å². The van der Waals surface area contributed by atoms with Crippen molar-refractivity contribution in [2.75, 3.05) is 0 Å². The van der Waals surface area contributed by atoms with Crippen molar-refractivity contribution in [3.8, 4) is 0 Å². The van der Waals surface area contributed by atoms with Crippen molar-refractivity contribution in [3.05, 3.63) is 0 Å². The van der Waals surface area contributed by atoms with Crippen LogP contribution in [0.2, 0.25) is 0 Å². The molecule has 0 spiro atoms. The van der Waals surface area contributed by atoms with Crippen LogP contribution in [-0.2, 0) is 0 Å². The maximum atomic E-state index is 6.69. The minimum Gasteiger partial charge on any atom is -0.379 e. The highest BCUT2D eigenvalue weighted by molar-refractivity contribution is 8.14. The second-order valence-corrected chi connectivity index (χ2v) is 2.61. The third-order valence-electron chi connectivity index (χ3n) is 0.313. The predicted molar refractivity (Wildman–Crippen MR) is 33.2 cm³/mol. The van der Waals surface area contributed by atoms with Gasteiger partial charge < -0.3 is 11.5 Å². The van der Waals surface area contributed by atoms with Crippen molar-refractivity contribution in [2.45, 2.75) is 12.3 Å². The lowest BCUT2D eigenvalue weighted by molar-refractivity contribution is 1.05. The van der Waals surface area contributed by atoms with Gasteiger partial charge in [0.2, 0.25) is 0 Å². The van der Waals surface area contributed by atoms with Crippen LogP contribution in [0.5, 0.6) is 0 Å². The first-order chi connectivity index (χ1) is 3.13. The molecular formula is C3H9N3S. The number of rotatable bonds is 1. The van der Waals surface area contributed by atoms with E-state index in [0.717, 1.165) is 11.8 Å². The minimum absolute atomic E-state index is 0.0579. The van der Waals surface area contributed by atoms with Crippen LogP contribution < -0.4 is 11.5 Å². The van der Waals surface area contributed by atoms with Gasteiger partial charge >= 0.3 is 0 Å². The number of amidine groups is 1. The van der Waals surface area contributed by atoms with Crippen LogP contribution in [0, 0.1) is 5.41 Å². The van der Waals surface area contributed by atoms with Gasteiger partial charge in [-0.15, -0.1) is 0 Å². The molecule has 0 unspecified atom stereocenters. The molecule has 42 valence electrons. The van der Waals surface area contributed by atoms with Crippen LogP contribution in [-0.4, -0.2) is 10.5 Å². The summed E-state index contributed by atoms with van der Waals surface area (Å²) >= 11 is 1.15. The standard InChI is InChI=1S/C3H9N3S/c1-2(4)7-3(5)6/h2H,4H2,1H3,(H3,5,6)/t2-/m0/s1. The summed E-state index contributed by atoms with van der Waals surface area (Å²) in [5.74, 6) is 0. The van der Waals surface area contributed by atoms with E-state index in [1.54, 1.807) is 6.92 Å². The molecule has 0 fully saturated rings. The Bertz CT molecular complexity index is 70.6. The molecule has 0 amide bonds. The summed E-state index contributed by atoms with van der Waals surface area (Å²) in [6, 6.07) is 0. The monoisotopic (exact) mass is 119 g/mol. The largest absolute Gasteiger partial charge is 0.379 e. The van der Waals surface area contributed by atoms with Crippen LogP contribution in [0.1, 0.15) is 6.92 Å². The van der Waals surface area contributed by atoms with E-state index in [9.17, 15) is 0 Å². The summed E-state index contributed by atoms with van der Waals surface area (Å²) in [6.45, 7) is 1.78. The van der Waals surface area contributed by atoms with E-state index in [-0.39, 0.29) is 10.5 Å². The van der Waals surface area contributed by atoms with Gasteiger partial charge in [-0.05, 0) is 6.92 Å². The molecule has 0 saturated carbocycles. The lowest BCUT2D eigenvalue weighted by Crippen LogP contribution is -2.16. The summed E-state index contributed by atoms with van der Waals surface area (Å²) in [6.07, 6.45) is 0. The van der Waals surface area contributed by atoms with Gasteiger partial charge in [0.15, 0.2) is 5.17 Å². The summed E-state index contributed by atoms with van der Waals surface area (Å²) in [7, 11) is 0. The molecule has 0 aromatic carbocycles. The molecule has 0 heterocycles. The van der Waals surface area contributed by atoms with Crippen molar-refractivity contribution in [1.82, 2.24) is 0 Å². The molecule has 0 aliphatic rings. The molecule has 3 nitrogen and oxygen atoms in total. The van der Waals surface area contributed by atoms with Gasteiger partial charge in [0.05, 0.1) is 5.37 Å². The number of nitrogens with one attached hydrogen (secondary N) is 1. The Labute approximate surface area is 47.0 Å². The van der Waals surface area contributed by atoms with E-state index in [4.69, 9.17) is 16.9 Å². The highest BCUT2D eigenvalue weighted by Gasteiger charge is 1.93. The molecule has 0 aliphatic carbocycles. The van der Waals surface area contributed by atoms with Crippen LogP contribution >= 0.6 is 11.8 Å². The van der Waals surface area contributed by atoms with Gasteiger partial charge in [0.1, 0.15) is 0 Å². The highest BCUT2D eigenvalue weighted by Crippen LogP contribution is 2.00. The number of hydrogen-bond donors (Lipinski definition) is 3. The Balaban J connectivity index is 3.13. The molecule has 7 heavy (non-hydrogen) atoms. The highest BCUT2D eigenvalue weighted by atomic mass is 32.2. The molecule has 4 heteroatoms. The predicted octanol–water partition coefficient (Wildman–Crippen LogP) is -0.0822. The SMILES string of the molecule is C[C@@H](N)SC(=N)N. The smallest absolute Gasteiger partial charge is 0.152 e. The first kappa shape index (κ1) is 6.78. The van der Waals surface area contributed by atoms with Crippen LogP contribution in [0.4, 0.5) is 0 Å². The zero-order valence-corrected chi connectivity index (χ0v) is 4.96. The van der Waals surface area contributed by atoms with Gasteiger partial charge in [-0.2, -0.15) is 0 Å². The Morgan fingerprint density at radius 3 is 2.29 bits per heavy atom. The van der Waals surface area contributed by atoms with Gasteiger partial charge in [-0.1, -0.05) is 11.8 Å². The molecule has 0 aromatic heterocycles. The molecule has 0 aliphatic heterocycles. The lowest BCUT2D eigenvalue weighted by atomic mass is 10.8. The van der Waals surface area contributed by atoms with Crippen molar-refractivity contribution in [2.24, 2.45) is 11.5 Å². The first-order valence-electron chi connectivity index (χ1n) is 1.89. The van der Waals surface area contributed by atoms with E-state index in [0.29, 0.717) is 0 Å². The Morgan fingerprint density at radius 1 is 1.86 bits per heavy atom. The van der Waals surface area contributed by atoms with E-state index in [2.05, 4.69) is 0 Å². The molecule has 5 N–H and O–H groups in total. The Kier molecular flexibility index (Phi) is 2.78. The molecule has 0 rings (SSSR count). The molecule has 0 bridgehead atoms. The second-order valence-electron chi connectivity index (χ2n) is 1.19. The van der Waals surface area contributed by atoms with Crippen LogP contribution in [0.25, 0.3) is 0 Å². The zero-order valence-electron chi connectivity index (χ0n) is 4.14. The van der Waals surface area contributed by atoms with E-state index in [1.807, 2.05) is 0 Å². The maximum Gasteiger partial charge on any atom is 0.152 e. The van der Waals surface area contributed by atoms with E-state index in [1.165, 1.54) is 0 Å². The van der Waals surface area contributed by atoms with Gasteiger partial charge in [-0.25, -0.2) is 0 Å². The Hall–Kier alpha value is -0.220. The normalized spacial score (nSPS) is 13.4. The van der Waals surface area contributed by atoms with Crippen molar-refractivity contribution in [3.63, 3.8) is 0 Å². The number of hydrogen-bond acceptors (Lipinski definition) is 3. The summed E-state index contributed by atoms with van der Waals surface area (Å²) < 4.78 is 0. The lowest BCUT2D eigenvalue weighted by Gasteiger charge is -1.98. The zero-order chi connectivity index (χ0) is 5.86. The van der Waals surface area contributed by atoms with Crippen molar-refractivity contribution in [1.29, 1.82) is 5.41 Å². The van der Waals surface area contributed by atoms with E-state index >= 15 is 0 Å². The number of nitrogens with two attached hydrogens (primary N) is 2. The van der Waals surface area contributed by atoms with Gasteiger partial charge in [0, 0.05) is 0 Å². The number of thioether (sulfide) groups is 1. The molecule has 1 atom stereocenters. The fourth-order valence-electron chi connectivity index (χ4n) is 0.200. The van der Waals surface area contributed by atoms with Crippen LogP contribution in [0.15, 0.2) is 0 Å². The first-order valence-corrected chi connectivity index (χ1v) is 2.77. The Morgan fingerprint density at radius 2 is 2.29 bits per heavy atom. The topological polar surface area (TPSA) is 75.9 Å². The second kappa shape index (κ2) is 2.87. The molecule has 0 radical (unpaired) electrons. The quantitative estimate of drug-likeness (QED) is 0.257. The van der Waals surface area contributed by atoms with Crippen molar-refractivity contribution >= 4 is 16.9 Å². The molecule has 0 aromatic rings. The maximum absolute atomic E-state index is 6.69. The van der Waals surface area contributed by atoms with Crippen LogP contribution in [0.3, 0.4) is 0 Å². The third kappa shape index (κ3) is 5.78. The summed E-state index contributed by atoms with van der Waals surface area (Å²) in [4.78, 5) is 0. The van der Waals surface area contributed by atoms with Gasteiger partial charge in [-0.3, -0.25) is 5.41 Å². The average molecular weight is 119 g/mol. The van der Waals surface area contributed by atoms with E-state index < -0.39 is 0 Å². The molecular weight excluding hydrogens is 110 g/mol. The average Bonchev–Trinajstić information content (AvgIpc) is 1.27. The molecule has 0 saturated heterocycles. The summed E-state index contributed by atoms with van der Waals surface area (Å²) in [5, 5.41) is 6.71. The fraction of sp³-hybridized carbons (Fsp3) is 0.667.